The van der Waals surface area contributed by atoms with Crippen LogP contribution in [-0.4, -0.2) is 17.1 Å². The summed E-state index contributed by atoms with van der Waals surface area (Å²) < 4.78 is 5.34. The Kier molecular flexibility index (Phi) is 3.31. The van der Waals surface area contributed by atoms with E-state index in [2.05, 4.69) is 16.0 Å². The van der Waals surface area contributed by atoms with E-state index in [1.807, 2.05) is 30.5 Å². The summed E-state index contributed by atoms with van der Waals surface area (Å²) in [5.74, 6) is 0.695. The number of aromatic nitrogens is 2. The van der Waals surface area contributed by atoms with Crippen molar-refractivity contribution < 1.29 is 4.74 Å². The Morgan fingerprint density at radius 3 is 2.65 bits per heavy atom. The van der Waals surface area contributed by atoms with Crippen LogP contribution in [0.5, 0.6) is 5.75 Å². The van der Waals surface area contributed by atoms with Gasteiger partial charge in [-0.05, 0) is 23.1 Å². The van der Waals surface area contributed by atoms with Crippen LogP contribution in [0, 0.1) is 0 Å². The molecule has 1 atom stereocenters. The second kappa shape index (κ2) is 5.27. The molecule has 2 heterocycles. The Hall–Kier alpha value is -2.46. The fourth-order valence-electron chi connectivity index (χ4n) is 2.39. The first-order valence-electron chi connectivity index (χ1n) is 6.37. The molecule has 0 aliphatic rings. The van der Waals surface area contributed by atoms with Crippen LogP contribution >= 0.6 is 0 Å². The predicted molar refractivity (Wildman–Crippen MR) is 78.6 cm³/mol. The molecule has 0 amide bonds. The summed E-state index contributed by atoms with van der Waals surface area (Å²) >= 11 is 0. The number of ether oxygens (including phenoxy) is 1. The molecule has 0 aliphatic heterocycles. The van der Waals surface area contributed by atoms with E-state index in [1.54, 1.807) is 25.7 Å². The van der Waals surface area contributed by atoms with E-state index in [0.717, 1.165) is 21.9 Å². The number of pyridine rings is 2. The van der Waals surface area contributed by atoms with E-state index >= 15 is 0 Å². The van der Waals surface area contributed by atoms with E-state index in [-0.39, 0.29) is 6.04 Å². The molecule has 4 nitrogen and oxygen atoms in total. The first kappa shape index (κ1) is 12.6. The van der Waals surface area contributed by atoms with Gasteiger partial charge in [-0.1, -0.05) is 18.2 Å². The summed E-state index contributed by atoms with van der Waals surface area (Å²) in [5, 5.41) is 2.18. The SMILES string of the molecule is COc1cnccc1C(N)c1cccc2ccncc12. The van der Waals surface area contributed by atoms with Gasteiger partial charge in [0.25, 0.3) is 0 Å². The quantitative estimate of drug-likeness (QED) is 0.791. The van der Waals surface area contributed by atoms with Gasteiger partial charge in [0, 0.05) is 29.5 Å². The van der Waals surface area contributed by atoms with Crippen molar-refractivity contribution in [2.24, 2.45) is 5.73 Å². The van der Waals surface area contributed by atoms with Crippen LogP contribution in [0.3, 0.4) is 0 Å². The molecule has 0 aliphatic carbocycles. The van der Waals surface area contributed by atoms with Gasteiger partial charge in [-0.2, -0.15) is 0 Å². The molecule has 3 rings (SSSR count). The molecule has 4 heteroatoms. The summed E-state index contributed by atoms with van der Waals surface area (Å²) in [6, 6.07) is 9.67. The first-order chi connectivity index (χ1) is 9.81. The Balaban J connectivity index is 2.15. The zero-order valence-corrected chi connectivity index (χ0v) is 11.2. The molecule has 0 bridgehead atoms. The number of benzene rings is 1. The maximum atomic E-state index is 6.42. The van der Waals surface area contributed by atoms with Crippen molar-refractivity contribution in [3.63, 3.8) is 0 Å². The summed E-state index contributed by atoms with van der Waals surface area (Å²) in [4.78, 5) is 8.25. The highest BCUT2D eigenvalue weighted by molar-refractivity contribution is 5.85. The molecule has 3 aromatic rings. The monoisotopic (exact) mass is 265 g/mol. The van der Waals surface area contributed by atoms with Crippen molar-refractivity contribution in [2.75, 3.05) is 7.11 Å². The van der Waals surface area contributed by atoms with Crippen molar-refractivity contribution in [3.05, 3.63) is 66.2 Å². The van der Waals surface area contributed by atoms with Crippen molar-refractivity contribution in [1.82, 2.24) is 9.97 Å². The predicted octanol–water partition coefficient (Wildman–Crippen LogP) is 2.69. The number of fused-ring (bicyclic) bond motifs is 1. The third kappa shape index (κ3) is 2.10. The maximum Gasteiger partial charge on any atom is 0.142 e. The minimum Gasteiger partial charge on any atom is -0.495 e. The average molecular weight is 265 g/mol. The molecule has 0 saturated carbocycles. The van der Waals surface area contributed by atoms with Crippen molar-refractivity contribution in [1.29, 1.82) is 0 Å². The number of hydrogen-bond acceptors (Lipinski definition) is 4. The summed E-state index contributed by atoms with van der Waals surface area (Å²) in [7, 11) is 1.62. The lowest BCUT2D eigenvalue weighted by atomic mass is 9.95. The molecule has 1 aromatic carbocycles. The van der Waals surface area contributed by atoms with Gasteiger partial charge in [-0.15, -0.1) is 0 Å². The third-order valence-electron chi connectivity index (χ3n) is 3.42. The average Bonchev–Trinajstić information content (AvgIpc) is 2.53. The molecule has 2 N–H and O–H groups in total. The minimum atomic E-state index is -0.277. The molecule has 1 unspecified atom stereocenters. The molecule has 0 fully saturated rings. The number of rotatable bonds is 3. The lowest BCUT2D eigenvalue weighted by Gasteiger charge is -2.17. The van der Waals surface area contributed by atoms with Crippen LogP contribution in [-0.2, 0) is 0 Å². The molecule has 100 valence electrons. The standard InChI is InChI=1S/C16H15N3O/c1-20-15-10-19-8-6-13(15)16(17)12-4-2-3-11-5-7-18-9-14(11)12/h2-10,16H,17H2,1H3. The van der Waals surface area contributed by atoms with Crippen molar-refractivity contribution in [2.45, 2.75) is 6.04 Å². The molecule has 0 radical (unpaired) electrons. The first-order valence-corrected chi connectivity index (χ1v) is 6.37. The zero-order valence-electron chi connectivity index (χ0n) is 11.2. The van der Waals surface area contributed by atoms with E-state index in [0.29, 0.717) is 5.75 Å². The third-order valence-corrected chi connectivity index (χ3v) is 3.42. The normalized spacial score (nSPS) is 12.3. The van der Waals surface area contributed by atoms with Crippen LogP contribution in [0.1, 0.15) is 17.2 Å². The number of methoxy groups -OCH3 is 1. The second-order valence-corrected chi connectivity index (χ2v) is 4.54. The van der Waals surface area contributed by atoms with Crippen LogP contribution in [0.4, 0.5) is 0 Å². The summed E-state index contributed by atoms with van der Waals surface area (Å²) in [6.45, 7) is 0. The molecular weight excluding hydrogens is 250 g/mol. The van der Waals surface area contributed by atoms with E-state index < -0.39 is 0 Å². The fourth-order valence-corrected chi connectivity index (χ4v) is 2.39. The second-order valence-electron chi connectivity index (χ2n) is 4.54. The zero-order chi connectivity index (χ0) is 13.9. The van der Waals surface area contributed by atoms with Crippen LogP contribution in [0.15, 0.2) is 55.1 Å². The number of nitrogens with two attached hydrogens (primary N) is 1. The van der Waals surface area contributed by atoms with Gasteiger partial charge in [0.15, 0.2) is 0 Å². The number of nitrogens with zero attached hydrogens (tertiary/aromatic N) is 2. The van der Waals surface area contributed by atoms with E-state index in [1.165, 1.54) is 0 Å². The Morgan fingerprint density at radius 1 is 1.00 bits per heavy atom. The van der Waals surface area contributed by atoms with Crippen LogP contribution < -0.4 is 10.5 Å². The molecule has 2 aromatic heterocycles. The fraction of sp³-hybridized carbons (Fsp3) is 0.125. The van der Waals surface area contributed by atoms with Gasteiger partial charge < -0.3 is 10.5 Å². The highest BCUT2D eigenvalue weighted by atomic mass is 16.5. The maximum absolute atomic E-state index is 6.42. The van der Waals surface area contributed by atoms with Gasteiger partial charge in [-0.25, -0.2) is 0 Å². The van der Waals surface area contributed by atoms with Crippen LogP contribution in [0.25, 0.3) is 10.8 Å². The minimum absolute atomic E-state index is 0.277. The van der Waals surface area contributed by atoms with Gasteiger partial charge in [-0.3, -0.25) is 9.97 Å². The van der Waals surface area contributed by atoms with E-state index in [9.17, 15) is 0 Å². The largest absolute Gasteiger partial charge is 0.495 e. The van der Waals surface area contributed by atoms with Crippen LogP contribution in [0.2, 0.25) is 0 Å². The Bertz CT molecular complexity index is 737. The Labute approximate surface area is 117 Å². The number of hydrogen-bond donors (Lipinski definition) is 1. The van der Waals surface area contributed by atoms with Crippen molar-refractivity contribution >= 4 is 10.8 Å². The summed E-state index contributed by atoms with van der Waals surface area (Å²) in [6.07, 6.45) is 7.03. The van der Waals surface area contributed by atoms with Crippen molar-refractivity contribution in [3.8, 4) is 5.75 Å². The van der Waals surface area contributed by atoms with Gasteiger partial charge in [0.1, 0.15) is 5.75 Å². The topological polar surface area (TPSA) is 61.0 Å². The molecule has 0 spiro atoms. The Morgan fingerprint density at radius 2 is 1.80 bits per heavy atom. The van der Waals surface area contributed by atoms with Gasteiger partial charge in [0.2, 0.25) is 0 Å². The van der Waals surface area contributed by atoms with E-state index in [4.69, 9.17) is 10.5 Å². The highest BCUT2D eigenvalue weighted by Crippen LogP contribution is 2.31. The summed E-state index contributed by atoms with van der Waals surface area (Å²) in [5.41, 5.74) is 8.37. The molecule has 20 heavy (non-hydrogen) atoms. The van der Waals surface area contributed by atoms with Gasteiger partial charge in [0.05, 0.1) is 19.3 Å². The molecule has 0 saturated heterocycles. The smallest absolute Gasteiger partial charge is 0.142 e. The lowest BCUT2D eigenvalue weighted by Crippen LogP contribution is -2.13. The molecular formula is C16H15N3O. The van der Waals surface area contributed by atoms with Gasteiger partial charge >= 0.3 is 0 Å². The highest BCUT2D eigenvalue weighted by Gasteiger charge is 2.16. The lowest BCUT2D eigenvalue weighted by molar-refractivity contribution is 0.406.